The summed E-state index contributed by atoms with van der Waals surface area (Å²) < 4.78 is 19.5. The monoisotopic (exact) mass is 357 g/mol. The Balaban J connectivity index is 2.53. The molecule has 0 aliphatic rings. The molecule has 140 valence electrons. The summed E-state index contributed by atoms with van der Waals surface area (Å²) in [5.41, 5.74) is 1.08. The summed E-state index contributed by atoms with van der Waals surface area (Å²) in [5.74, 6) is -0.465. The largest absolute Gasteiger partial charge is 0.453 e. The number of carbonyl (C=O) groups is 1. The Labute approximate surface area is 155 Å². The maximum Gasteiger partial charge on any atom is 0.306 e. The van der Waals surface area contributed by atoms with Gasteiger partial charge in [0.2, 0.25) is 0 Å². The van der Waals surface area contributed by atoms with Gasteiger partial charge < -0.3 is 9.64 Å². The van der Waals surface area contributed by atoms with E-state index in [9.17, 15) is 9.18 Å². The SMILES string of the molecule is CCC(=O)OC(Cc1ccc(F)cc1)(c1ccccc1)C(C)CN(C)C. The van der Waals surface area contributed by atoms with Crippen LogP contribution in [0.4, 0.5) is 4.39 Å². The Bertz CT molecular complexity index is 700. The molecule has 4 heteroatoms. The summed E-state index contributed by atoms with van der Waals surface area (Å²) in [4.78, 5) is 14.4. The lowest BCUT2D eigenvalue weighted by molar-refractivity contribution is -0.168. The third-order valence-corrected chi connectivity index (χ3v) is 4.66. The van der Waals surface area contributed by atoms with Gasteiger partial charge in [-0.1, -0.05) is 56.3 Å². The van der Waals surface area contributed by atoms with E-state index < -0.39 is 5.60 Å². The molecule has 2 aromatic carbocycles. The van der Waals surface area contributed by atoms with Gasteiger partial charge in [-0.05, 0) is 37.4 Å². The van der Waals surface area contributed by atoms with E-state index in [0.29, 0.717) is 12.8 Å². The molecule has 2 atom stereocenters. The molecule has 3 nitrogen and oxygen atoms in total. The zero-order valence-corrected chi connectivity index (χ0v) is 16.0. The Kier molecular flexibility index (Phi) is 6.92. The third-order valence-electron chi connectivity index (χ3n) is 4.66. The quantitative estimate of drug-likeness (QED) is 0.655. The van der Waals surface area contributed by atoms with Crippen molar-refractivity contribution in [1.29, 1.82) is 0 Å². The topological polar surface area (TPSA) is 29.5 Å². The first-order valence-corrected chi connectivity index (χ1v) is 9.04. The van der Waals surface area contributed by atoms with E-state index >= 15 is 0 Å². The summed E-state index contributed by atoms with van der Waals surface area (Å²) in [6.45, 7) is 4.65. The van der Waals surface area contributed by atoms with Gasteiger partial charge in [-0.25, -0.2) is 4.39 Å². The first-order chi connectivity index (χ1) is 12.4. The maximum absolute atomic E-state index is 13.3. The number of esters is 1. The number of halogens is 1. The number of carbonyl (C=O) groups excluding carboxylic acids is 1. The molecular formula is C22H28FNO2. The van der Waals surface area contributed by atoms with Crippen LogP contribution in [0.15, 0.2) is 54.6 Å². The molecular weight excluding hydrogens is 329 g/mol. The van der Waals surface area contributed by atoms with Gasteiger partial charge in [0.25, 0.3) is 0 Å². The fraction of sp³-hybridized carbons (Fsp3) is 0.409. The second-order valence-corrected chi connectivity index (χ2v) is 7.05. The second kappa shape index (κ2) is 8.95. The first kappa shape index (κ1) is 20.1. The molecule has 2 aromatic rings. The third kappa shape index (κ3) is 4.92. The molecule has 0 saturated heterocycles. The molecule has 0 heterocycles. The predicted molar refractivity (Wildman–Crippen MR) is 102 cm³/mol. The van der Waals surface area contributed by atoms with Gasteiger partial charge >= 0.3 is 5.97 Å². The molecule has 0 amide bonds. The molecule has 2 rings (SSSR count). The number of hydrogen-bond acceptors (Lipinski definition) is 3. The summed E-state index contributed by atoms with van der Waals surface area (Å²) in [7, 11) is 4.01. The zero-order chi connectivity index (χ0) is 19.2. The normalized spacial score (nSPS) is 14.7. The van der Waals surface area contributed by atoms with E-state index in [0.717, 1.165) is 17.7 Å². The molecule has 0 N–H and O–H groups in total. The molecule has 0 bridgehead atoms. The van der Waals surface area contributed by atoms with Crippen LogP contribution in [0.3, 0.4) is 0 Å². The van der Waals surface area contributed by atoms with Gasteiger partial charge in [0.1, 0.15) is 11.4 Å². The Morgan fingerprint density at radius 3 is 2.27 bits per heavy atom. The molecule has 0 spiro atoms. The standard InChI is InChI=1S/C22H28FNO2/c1-5-21(25)26-22(17(2)16-24(3)4,19-9-7-6-8-10-19)15-18-11-13-20(23)14-12-18/h6-14,17H,5,15-16H2,1-4H3. The van der Waals surface area contributed by atoms with Crippen LogP contribution in [0.5, 0.6) is 0 Å². The minimum atomic E-state index is -0.809. The van der Waals surface area contributed by atoms with Crippen LogP contribution in [0, 0.1) is 11.7 Å². The van der Waals surface area contributed by atoms with Crippen LogP contribution in [0.25, 0.3) is 0 Å². The van der Waals surface area contributed by atoms with Crippen molar-refractivity contribution in [3.05, 3.63) is 71.5 Å². The van der Waals surface area contributed by atoms with E-state index in [-0.39, 0.29) is 17.7 Å². The van der Waals surface area contributed by atoms with Gasteiger partial charge in [-0.2, -0.15) is 0 Å². The van der Waals surface area contributed by atoms with Crippen molar-refractivity contribution in [2.45, 2.75) is 32.3 Å². The average Bonchev–Trinajstić information content (AvgIpc) is 2.63. The lowest BCUT2D eigenvalue weighted by Gasteiger charge is -2.40. The van der Waals surface area contributed by atoms with Crippen LogP contribution >= 0.6 is 0 Å². The van der Waals surface area contributed by atoms with Crippen LogP contribution in [0.1, 0.15) is 31.4 Å². The average molecular weight is 357 g/mol. The zero-order valence-electron chi connectivity index (χ0n) is 16.0. The van der Waals surface area contributed by atoms with Crippen LogP contribution in [-0.4, -0.2) is 31.5 Å². The minimum absolute atomic E-state index is 0.0421. The molecule has 26 heavy (non-hydrogen) atoms. The van der Waals surface area contributed by atoms with Gasteiger partial charge in [-0.15, -0.1) is 0 Å². The summed E-state index contributed by atoms with van der Waals surface area (Å²) >= 11 is 0. The van der Waals surface area contributed by atoms with E-state index in [1.165, 1.54) is 12.1 Å². The molecule has 2 unspecified atom stereocenters. The maximum atomic E-state index is 13.3. The molecule has 0 radical (unpaired) electrons. The highest BCUT2D eigenvalue weighted by atomic mass is 19.1. The summed E-state index contributed by atoms with van der Waals surface area (Å²) in [5, 5.41) is 0. The Morgan fingerprint density at radius 2 is 1.73 bits per heavy atom. The highest BCUT2D eigenvalue weighted by molar-refractivity contribution is 5.69. The van der Waals surface area contributed by atoms with E-state index in [1.54, 1.807) is 19.1 Å². The van der Waals surface area contributed by atoms with Crippen LogP contribution in [0.2, 0.25) is 0 Å². The molecule has 0 aliphatic heterocycles. The number of benzene rings is 2. The summed E-state index contributed by atoms with van der Waals surface area (Å²) in [6, 6.07) is 16.3. The molecule has 0 saturated carbocycles. The second-order valence-electron chi connectivity index (χ2n) is 7.05. The highest BCUT2D eigenvalue weighted by Crippen LogP contribution is 2.38. The number of hydrogen-bond donors (Lipinski definition) is 0. The number of nitrogens with zero attached hydrogens (tertiary/aromatic N) is 1. The van der Waals surface area contributed by atoms with Gasteiger partial charge in [0.15, 0.2) is 0 Å². The Hall–Kier alpha value is -2.20. The number of rotatable bonds is 8. The van der Waals surface area contributed by atoms with Crippen molar-refractivity contribution in [2.75, 3.05) is 20.6 Å². The molecule has 0 fully saturated rings. The van der Waals surface area contributed by atoms with Crippen molar-refractivity contribution >= 4 is 5.97 Å². The minimum Gasteiger partial charge on any atom is -0.453 e. The molecule has 0 aromatic heterocycles. The van der Waals surface area contributed by atoms with Crippen molar-refractivity contribution in [3.63, 3.8) is 0 Å². The van der Waals surface area contributed by atoms with Crippen LogP contribution < -0.4 is 0 Å². The smallest absolute Gasteiger partial charge is 0.306 e. The van der Waals surface area contributed by atoms with Crippen LogP contribution in [-0.2, 0) is 21.6 Å². The van der Waals surface area contributed by atoms with E-state index in [2.05, 4.69) is 11.8 Å². The van der Waals surface area contributed by atoms with Crippen molar-refractivity contribution < 1.29 is 13.9 Å². The fourth-order valence-electron chi connectivity index (χ4n) is 3.35. The van der Waals surface area contributed by atoms with Crippen molar-refractivity contribution in [3.8, 4) is 0 Å². The van der Waals surface area contributed by atoms with Crippen molar-refractivity contribution in [2.24, 2.45) is 5.92 Å². The molecule has 0 aliphatic carbocycles. The summed E-state index contributed by atoms with van der Waals surface area (Å²) in [6.07, 6.45) is 0.810. The van der Waals surface area contributed by atoms with Gasteiger partial charge in [0.05, 0.1) is 0 Å². The van der Waals surface area contributed by atoms with E-state index in [4.69, 9.17) is 4.74 Å². The predicted octanol–water partition coefficient (Wildman–Crippen LogP) is 4.41. The lowest BCUT2D eigenvalue weighted by atomic mass is 9.77. The Morgan fingerprint density at radius 1 is 1.12 bits per heavy atom. The number of ether oxygens (including phenoxy) is 1. The fourth-order valence-corrected chi connectivity index (χ4v) is 3.35. The first-order valence-electron chi connectivity index (χ1n) is 9.04. The highest BCUT2D eigenvalue weighted by Gasteiger charge is 2.42. The van der Waals surface area contributed by atoms with Gasteiger partial charge in [0, 0.05) is 25.3 Å². The lowest BCUT2D eigenvalue weighted by Crippen LogP contribution is -2.44. The van der Waals surface area contributed by atoms with E-state index in [1.807, 2.05) is 44.4 Å². The van der Waals surface area contributed by atoms with Gasteiger partial charge in [-0.3, -0.25) is 4.79 Å². The van der Waals surface area contributed by atoms with Crippen molar-refractivity contribution in [1.82, 2.24) is 4.90 Å².